The van der Waals surface area contributed by atoms with Gasteiger partial charge in [-0.25, -0.2) is 12.8 Å². The molecule has 1 atom stereocenters. The van der Waals surface area contributed by atoms with Crippen LogP contribution < -0.4 is 5.32 Å². The maximum Gasteiger partial charge on any atom is 0.152 e. The summed E-state index contributed by atoms with van der Waals surface area (Å²) in [6.45, 7) is 0.593. The molecule has 1 aromatic carbocycles. The molecular formula is C11H13BrFNO2S. The lowest BCUT2D eigenvalue weighted by Crippen LogP contribution is -2.26. The first kappa shape index (κ1) is 13.0. The number of sulfone groups is 1. The first-order valence-corrected chi connectivity index (χ1v) is 7.98. The van der Waals surface area contributed by atoms with Gasteiger partial charge in [0.15, 0.2) is 9.84 Å². The third-order valence-corrected chi connectivity index (χ3v) is 5.02. The van der Waals surface area contributed by atoms with Crippen molar-refractivity contribution in [1.29, 1.82) is 0 Å². The fourth-order valence-corrected chi connectivity index (χ4v) is 3.88. The quantitative estimate of drug-likeness (QED) is 0.861. The van der Waals surface area contributed by atoms with Gasteiger partial charge in [-0.1, -0.05) is 15.9 Å². The number of nitrogens with one attached hydrogen (secondary N) is 1. The van der Waals surface area contributed by atoms with E-state index in [1.807, 2.05) is 0 Å². The van der Waals surface area contributed by atoms with Crippen molar-refractivity contribution < 1.29 is 12.8 Å². The molecule has 1 aromatic rings. The molecule has 94 valence electrons. The van der Waals surface area contributed by atoms with Crippen LogP contribution in [0, 0.1) is 5.82 Å². The predicted molar refractivity (Wildman–Crippen MR) is 68.1 cm³/mol. The van der Waals surface area contributed by atoms with Crippen molar-refractivity contribution in [2.75, 3.05) is 18.1 Å². The summed E-state index contributed by atoms with van der Waals surface area (Å²) in [5, 5.41) is 3.08. The summed E-state index contributed by atoms with van der Waals surface area (Å²) in [6, 6.07) is 4.12. The van der Waals surface area contributed by atoms with Gasteiger partial charge in [-0.05, 0) is 31.2 Å². The smallest absolute Gasteiger partial charge is 0.152 e. The maximum absolute atomic E-state index is 13.7. The minimum absolute atomic E-state index is 0.0413. The van der Waals surface area contributed by atoms with Gasteiger partial charge >= 0.3 is 0 Å². The zero-order chi connectivity index (χ0) is 12.5. The molecule has 0 bridgehead atoms. The van der Waals surface area contributed by atoms with Crippen LogP contribution in [0.5, 0.6) is 0 Å². The highest BCUT2D eigenvalue weighted by Gasteiger charge is 2.25. The Hall–Kier alpha value is -0.460. The lowest BCUT2D eigenvalue weighted by atomic mass is 10.1. The SMILES string of the molecule is O=S1(=O)CCCNC(c2cc(Br)ccc2F)C1. The van der Waals surface area contributed by atoms with E-state index in [0.717, 1.165) is 4.47 Å². The van der Waals surface area contributed by atoms with Gasteiger partial charge in [-0.15, -0.1) is 0 Å². The van der Waals surface area contributed by atoms with E-state index in [2.05, 4.69) is 21.2 Å². The van der Waals surface area contributed by atoms with Gasteiger partial charge in [-0.3, -0.25) is 0 Å². The lowest BCUT2D eigenvalue weighted by Gasteiger charge is -2.16. The first-order chi connectivity index (χ1) is 7.98. The fourth-order valence-electron chi connectivity index (χ4n) is 1.95. The molecule has 2 rings (SSSR count). The van der Waals surface area contributed by atoms with E-state index in [1.165, 1.54) is 6.07 Å². The summed E-state index contributed by atoms with van der Waals surface area (Å²) in [6.07, 6.45) is 0.578. The molecule has 1 aliphatic rings. The van der Waals surface area contributed by atoms with Crippen molar-refractivity contribution >= 4 is 25.8 Å². The van der Waals surface area contributed by atoms with Crippen LogP contribution in [0.4, 0.5) is 4.39 Å². The van der Waals surface area contributed by atoms with Crippen molar-refractivity contribution in [3.63, 3.8) is 0 Å². The second-order valence-corrected chi connectivity index (χ2v) is 7.28. The van der Waals surface area contributed by atoms with E-state index in [9.17, 15) is 12.8 Å². The summed E-state index contributed by atoms with van der Waals surface area (Å²) >= 11 is 3.27. The van der Waals surface area contributed by atoms with Crippen LogP contribution in [-0.4, -0.2) is 26.5 Å². The Bertz CT molecular complexity index is 518. The minimum Gasteiger partial charge on any atom is -0.309 e. The highest BCUT2D eigenvalue weighted by molar-refractivity contribution is 9.10. The molecule has 0 amide bonds. The van der Waals surface area contributed by atoms with Crippen LogP contribution in [0.15, 0.2) is 22.7 Å². The molecule has 6 heteroatoms. The van der Waals surface area contributed by atoms with Crippen LogP contribution in [0.25, 0.3) is 0 Å². The molecule has 0 saturated carbocycles. The van der Waals surface area contributed by atoms with E-state index >= 15 is 0 Å². The van der Waals surface area contributed by atoms with E-state index in [-0.39, 0.29) is 17.3 Å². The highest BCUT2D eigenvalue weighted by Crippen LogP contribution is 2.24. The van der Waals surface area contributed by atoms with Gasteiger partial charge in [0.1, 0.15) is 5.82 Å². The predicted octanol–water partition coefficient (Wildman–Crippen LogP) is 2.04. The topological polar surface area (TPSA) is 46.2 Å². The third-order valence-electron chi connectivity index (χ3n) is 2.78. The van der Waals surface area contributed by atoms with Gasteiger partial charge in [-0.2, -0.15) is 0 Å². The van der Waals surface area contributed by atoms with Crippen molar-refractivity contribution in [1.82, 2.24) is 5.32 Å². The molecule has 17 heavy (non-hydrogen) atoms. The molecule has 1 heterocycles. The number of hydrogen-bond donors (Lipinski definition) is 1. The second-order valence-electron chi connectivity index (χ2n) is 4.14. The van der Waals surface area contributed by atoms with Crippen molar-refractivity contribution in [3.8, 4) is 0 Å². The molecule has 3 nitrogen and oxygen atoms in total. The fraction of sp³-hybridized carbons (Fsp3) is 0.455. The van der Waals surface area contributed by atoms with Crippen molar-refractivity contribution in [3.05, 3.63) is 34.1 Å². The Morgan fingerprint density at radius 2 is 2.18 bits per heavy atom. The van der Waals surface area contributed by atoms with Gasteiger partial charge in [0.2, 0.25) is 0 Å². The third kappa shape index (κ3) is 3.26. The largest absolute Gasteiger partial charge is 0.309 e. The summed E-state index contributed by atoms with van der Waals surface area (Å²) in [7, 11) is -3.09. The van der Waals surface area contributed by atoms with E-state index in [1.54, 1.807) is 12.1 Å². The van der Waals surface area contributed by atoms with E-state index < -0.39 is 15.9 Å². The second kappa shape index (κ2) is 5.04. The summed E-state index contributed by atoms with van der Waals surface area (Å²) in [5.41, 5.74) is 0.407. The zero-order valence-electron chi connectivity index (χ0n) is 9.12. The summed E-state index contributed by atoms with van der Waals surface area (Å²) < 4.78 is 37.8. The van der Waals surface area contributed by atoms with Crippen molar-refractivity contribution in [2.24, 2.45) is 0 Å². The Morgan fingerprint density at radius 1 is 1.41 bits per heavy atom. The highest BCUT2D eigenvalue weighted by atomic mass is 79.9. The molecular weight excluding hydrogens is 309 g/mol. The van der Waals surface area contributed by atoms with E-state index in [4.69, 9.17) is 0 Å². The average Bonchev–Trinajstić information content (AvgIpc) is 2.43. The van der Waals surface area contributed by atoms with Crippen LogP contribution in [-0.2, 0) is 9.84 Å². The Balaban J connectivity index is 2.35. The van der Waals surface area contributed by atoms with E-state index in [0.29, 0.717) is 18.5 Å². The normalized spacial score (nSPS) is 24.2. The Morgan fingerprint density at radius 3 is 2.94 bits per heavy atom. The lowest BCUT2D eigenvalue weighted by molar-refractivity contribution is 0.533. The zero-order valence-corrected chi connectivity index (χ0v) is 11.5. The molecule has 0 radical (unpaired) electrons. The molecule has 1 unspecified atom stereocenters. The van der Waals surface area contributed by atoms with Crippen LogP contribution >= 0.6 is 15.9 Å². The number of halogens is 2. The van der Waals surface area contributed by atoms with Gasteiger partial charge < -0.3 is 5.32 Å². The molecule has 0 spiro atoms. The number of benzene rings is 1. The van der Waals surface area contributed by atoms with Crippen LogP contribution in [0.3, 0.4) is 0 Å². The van der Waals surface area contributed by atoms with Crippen molar-refractivity contribution in [2.45, 2.75) is 12.5 Å². The van der Waals surface area contributed by atoms with Gasteiger partial charge in [0.05, 0.1) is 11.5 Å². The van der Waals surface area contributed by atoms with Crippen LogP contribution in [0.2, 0.25) is 0 Å². The maximum atomic E-state index is 13.7. The minimum atomic E-state index is -3.09. The summed E-state index contributed by atoms with van der Waals surface area (Å²) in [5.74, 6) is -0.241. The van der Waals surface area contributed by atoms with Gasteiger partial charge in [0.25, 0.3) is 0 Å². The monoisotopic (exact) mass is 321 g/mol. The molecule has 1 saturated heterocycles. The Kier molecular flexibility index (Phi) is 3.85. The average molecular weight is 322 g/mol. The number of hydrogen-bond acceptors (Lipinski definition) is 3. The summed E-state index contributed by atoms with van der Waals surface area (Å²) in [4.78, 5) is 0. The number of rotatable bonds is 1. The molecule has 0 aromatic heterocycles. The van der Waals surface area contributed by atoms with Crippen LogP contribution in [0.1, 0.15) is 18.0 Å². The standard InChI is InChI=1S/C11H13BrFNO2S/c12-8-2-3-10(13)9(6-8)11-7-17(15,16)5-1-4-14-11/h2-3,6,11,14H,1,4-5,7H2. The molecule has 1 fully saturated rings. The Labute approximate surface area is 108 Å². The van der Waals surface area contributed by atoms with Gasteiger partial charge in [0, 0.05) is 16.1 Å². The molecule has 1 aliphatic heterocycles. The first-order valence-electron chi connectivity index (χ1n) is 5.37. The molecule has 1 N–H and O–H groups in total. The molecule has 0 aliphatic carbocycles.